The van der Waals surface area contributed by atoms with Gasteiger partial charge in [-0.3, -0.25) is 0 Å². The molecule has 0 unspecified atom stereocenters. The molecule has 0 radical (unpaired) electrons. The van der Waals surface area contributed by atoms with Gasteiger partial charge in [-0.25, -0.2) is 4.98 Å². The molecule has 0 atom stereocenters. The Morgan fingerprint density at radius 1 is 1.09 bits per heavy atom. The monoisotopic (exact) mass is 309 g/mol. The van der Waals surface area contributed by atoms with Gasteiger partial charge in [0.2, 0.25) is 0 Å². The molecule has 3 aromatic rings. The number of ether oxygens (including phenoxy) is 2. The van der Waals surface area contributed by atoms with Crippen LogP contribution in [0.2, 0.25) is 0 Å². The highest BCUT2D eigenvalue weighted by Crippen LogP contribution is 2.37. The molecule has 0 amide bonds. The fourth-order valence-electron chi connectivity index (χ4n) is 3.04. The Morgan fingerprint density at radius 3 is 2.52 bits per heavy atom. The summed E-state index contributed by atoms with van der Waals surface area (Å²) < 4.78 is 13.6. The molecule has 0 aliphatic carbocycles. The van der Waals surface area contributed by atoms with Gasteiger partial charge in [0.15, 0.2) is 11.5 Å². The van der Waals surface area contributed by atoms with Crippen molar-refractivity contribution in [2.24, 2.45) is 0 Å². The molecular formula is C18H19N3O2. The van der Waals surface area contributed by atoms with E-state index in [2.05, 4.69) is 18.4 Å². The number of hydrogen-bond donors (Lipinski definition) is 1. The molecule has 118 valence electrons. The summed E-state index contributed by atoms with van der Waals surface area (Å²) in [6, 6.07) is 12.1. The number of imidazole rings is 1. The molecule has 0 saturated carbocycles. The van der Waals surface area contributed by atoms with Gasteiger partial charge in [0.1, 0.15) is 19.0 Å². The van der Waals surface area contributed by atoms with Crippen LogP contribution < -0.4 is 15.2 Å². The number of nitrogens with two attached hydrogens (primary N) is 1. The average Bonchev–Trinajstić information content (AvgIpc) is 2.91. The predicted octanol–water partition coefficient (Wildman–Crippen LogP) is 3.64. The molecular weight excluding hydrogens is 290 g/mol. The van der Waals surface area contributed by atoms with E-state index in [9.17, 15) is 0 Å². The number of fused-ring (bicyclic) bond motifs is 2. The molecule has 2 aromatic carbocycles. The van der Waals surface area contributed by atoms with Crippen LogP contribution in [0.5, 0.6) is 11.5 Å². The van der Waals surface area contributed by atoms with Crippen LogP contribution in [0.15, 0.2) is 36.4 Å². The van der Waals surface area contributed by atoms with Crippen molar-refractivity contribution in [3.63, 3.8) is 0 Å². The SMILES string of the molecule is CC(C)n1c(-c2cccc(N)c2)nc2cc3c(cc21)OCCO3. The Balaban J connectivity index is 1.98. The molecule has 5 heteroatoms. The quantitative estimate of drug-likeness (QED) is 0.734. The third-order valence-corrected chi connectivity index (χ3v) is 4.01. The number of nitrogen functional groups attached to an aromatic ring is 1. The molecule has 4 rings (SSSR count). The van der Waals surface area contributed by atoms with Crippen molar-refractivity contribution < 1.29 is 9.47 Å². The van der Waals surface area contributed by atoms with E-state index in [1.807, 2.05) is 36.4 Å². The second kappa shape index (κ2) is 5.19. The summed E-state index contributed by atoms with van der Waals surface area (Å²) in [6.07, 6.45) is 0. The van der Waals surface area contributed by atoms with Crippen LogP contribution in [-0.2, 0) is 0 Å². The third kappa shape index (κ3) is 2.29. The van der Waals surface area contributed by atoms with E-state index in [1.165, 1.54) is 0 Å². The molecule has 0 bridgehead atoms. The first-order valence-corrected chi connectivity index (χ1v) is 7.81. The molecule has 2 heterocycles. The number of rotatable bonds is 2. The molecule has 0 spiro atoms. The molecule has 1 aliphatic rings. The number of benzene rings is 2. The van der Waals surface area contributed by atoms with Gasteiger partial charge in [-0.1, -0.05) is 12.1 Å². The molecule has 23 heavy (non-hydrogen) atoms. The van der Waals surface area contributed by atoms with E-state index in [0.717, 1.165) is 39.6 Å². The second-order valence-corrected chi connectivity index (χ2v) is 6.01. The highest BCUT2D eigenvalue weighted by molar-refractivity contribution is 5.84. The summed E-state index contributed by atoms with van der Waals surface area (Å²) in [6.45, 7) is 5.45. The highest BCUT2D eigenvalue weighted by Gasteiger charge is 2.20. The second-order valence-electron chi connectivity index (χ2n) is 6.01. The van der Waals surface area contributed by atoms with Gasteiger partial charge in [-0.05, 0) is 26.0 Å². The minimum Gasteiger partial charge on any atom is -0.486 e. The van der Waals surface area contributed by atoms with Gasteiger partial charge >= 0.3 is 0 Å². The zero-order valence-electron chi connectivity index (χ0n) is 13.2. The lowest BCUT2D eigenvalue weighted by Gasteiger charge is -2.19. The molecule has 1 aromatic heterocycles. The first kappa shape index (κ1) is 13.9. The summed E-state index contributed by atoms with van der Waals surface area (Å²) in [5.41, 5.74) is 9.63. The number of anilines is 1. The van der Waals surface area contributed by atoms with Crippen molar-refractivity contribution >= 4 is 16.7 Å². The summed E-state index contributed by atoms with van der Waals surface area (Å²) in [7, 11) is 0. The van der Waals surface area contributed by atoms with Gasteiger partial charge in [0.25, 0.3) is 0 Å². The maximum atomic E-state index is 5.94. The van der Waals surface area contributed by atoms with Crippen LogP contribution in [0.1, 0.15) is 19.9 Å². The van der Waals surface area contributed by atoms with Crippen molar-refractivity contribution in [2.75, 3.05) is 18.9 Å². The summed E-state index contributed by atoms with van der Waals surface area (Å²) in [4.78, 5) is 4.83. The Bertz CT molecular complexity index is 883. The summed E-state index contributed by atoms with van der Waals surface area (Å²) in [5, 5.41) is 0. The van der Waals surface area contributed by atoms with Gasteiger partial charge in [-0.2, -0.15) is 0 Å². The maximum absolute atomic E-state index is 5.94. The van der Waals surface area contributed by atoms with Crippen molar-refractivity contribution in [1.82, 2.24) is 9.55 Å². The smallest absolute Gasteiger partial charge is 0.163 e. The van der Waals surface area contributed by atoms with Gasteiger partial charge in [0, 0.05) is 29.4 Å². The Labute approximate surface area is 134 Å². The van der Waals surface area contributed by atoms with Crippen molar-refractivity contribution in [3.8, 4) is 22.9 Å². The highest BCUT2D eigenvalue weighted by atomic mass is 16.6. The topological polar surface area (TPSA) is 62.3 Å². The van der Waals surface area contributed by atoms with E-state index >= 15 is 0 Å². The summed E-state index contributed by atoms with van der Waals surface area (Å²) >= 11 is 0. The number of aromatic nitrogens is 2. The molecule has 5 nitrogen and oxygen atoms in total. The fraction of sp³-hybridized carbons (Fsp3) is 0.278. The van der Waals surface area contributed by atoms with E-state index in [0.29, 0.717) is 13.2 Å². The molecule has 2 N–H and O–H groups in total. The van der Waals surface area contributed by atoms with Gasteiger partial charge in [0.05, 0.1) is 11.0 Å². The zero-order valence-corrected chi connectivity index (χ0v) is 13.2. The molecule has 0 saturated heterocycles. The minimum atomic E-state index is 0.263. The fourth-order valence-corrected chi connectivity index (χ4v) is 3.04. The minimum absolute atomic E-state index is 0.263. The largest absolute Gasteiger partial charge is 0.486 e. The average molecular weight is 309 g/mol. The lowest BCUT2D eigenvalue weighted by atomic mass is 10.2. The van der Waals surface area contributed by atoms with Crippen molar-refractivity contribution in [2.45, 2.75) is 19.9 Å². The number of nitrogens with zero attached hydrogens (tertiary/aromatic N) is 2. The Kier molecular flexibility index (Phi) is 3.15. The molecule has 0 fully saturated rings. The van der Waals surface area contributed by atoms with Gasteiger partial charge in [-0.15, -0.1) is 0 Å². The lowest BCUT2D eigenvalue weighted by Crippen LogP contribution is -2.15. The van der Waals surface area contributed by atoms with Gasteiger partial charge < -0.3 is 19.8 Å². The van der Waals surface area contributed by atoms with Crippen LogP contribution in [0.3, 0.4) is 0 Å². The zero-order chi connectivity index (χ0) is 16.0. The normalized spacial score (nSPS) is 13.7. The van der Waals surface area contributed by atoms with Crippen LogP contribution in [-0.4, -0.2) is 22.8 Å². The Hall–Kier alpha value is -2.69. The van der Waals surface area contributed by atoms with Crippen molar-refractivity contribution in [1.29, 1.82) is 0 Å². The van der Waals surface area contributed by atoms with Crippen LogP contribution in [0.25, 0.3) is 22.4 Å². The lowest BCUT2D eigenvalue weighted by molar-refractivity contribution is 0.172. The first-order chi connectivity index (χ1) is 11.1. The predicted molar refractivity (Wildman–Crippen MR) is 91.0 cm³/mol. The van der Waals surface area contributed by atoms with E-state index in [1.54, 1.807) is 0 Å². The van der Waals surface area contributed by atoms with Crippen LogP contribution >= 0.6 is 0 Å². The Morgan fingerprint density at radius 2 is 1.83 bits per heavy atom. The van der Waals surface area contributed by atoms with Crippen LogP contribution in [0.4, 0.5) is 5.69 Å². The van der Waals surface area contributed by atoms with E-state index < -0.39 is 0 Å². The van der Waals surface area contributed by atoms with Crippen molar-refractivity contribution in [3.05, 3.63) is 36.4 Å². The van der Waals surface area contributed by atoms with Crippen LogP contribution in [0, 0.1) is 0 Å². The summed E-state index contributed by atoms with van der Waals surface area (Å²) in [5.74, 6) is 2.45. The van der Waals surface area contributed by atoms with E-state index in [4.69, 9.17) is 20.2 Å². The standard InChI is InChI=1S/C18H19N3O2/c1-11(2)21-15-10-17-16(22-6-7-23-17)9-14(15)20-18(21)12-4-3-5-13(19)8-12/h3-5,8-11H,6-7,19H2,1-2H3. The number of hydrogen-bond acceptors (Lipinski definition) is 4. The molecule has 1 aliphatic heterocycles. The third-order valence-electron chi connectivity index (χ3n) is 4.01. The first-order valence-electron chi connectivity index (χ1n) is 7.81. The van der Waals surface area contributed by atoms with E-state index in [-0.39, 0.29) is 6.04 Å². The maximum Gasteiger partial charge on any atom is 0.163 e.